The van der Waals surface area contributed by atoms with Gasteiger partial charge in [0.2, 0.25) is 5.91 Å². The molecule has 2 amide bonds. The number of hydrogen-bond acceptors (Lipinski definition) is 7. The predicted octanol–water partition coefficient (Wildman–Crippen LogP) is 8.52. The molecule has 4 aromatic carbocycles. The van der Waals surface area contributed by atoms with Gasteiger partial charge in [-0.25, -0.2) is 4.79 Å². The van der Waals surface area contributed by atoms with E-state index in [2.05, 4.69) is 27.7 Å². The summed E-state index contributed by atoms with van der Waals surface area (Å²) in [6, 6.07) is 34.8. The van der Waals surface area contributed by atoms with Gasteiger partial charge < -0.3 is 15.4 Å². The fraction of sp³-hybridized carbons (Fsp3) is 0.205. The van der Waals surface area contributed by atoms with Crippen molar-refractivity contribution in [1.82, 2.24) is 4.90 Å². The molecule has 2 N–H and O–H groups in total. The van der Waals surface area contributed by atoms with Crippen LogP contribution in [-0.2, 0) is 29.0 Å². The average molecular weight is 676 g/mol. The second-order valence-corrected chi connectivity index (χ2v) is 13.9. The fourth-order valence-corrected chi connectivity index (χ4v) is 8.16. The van der Waals surface area contributed by atoms with Crippen LogP contribution in [0.5, 0.6) is 0 Å². The molecule has 2 heterocycles. The summed E-state index contributed by atoms with van der Waals surface area (Å²) >= 11 is 2.84. The van der Waals surface area contributed by atoms with E-state index in [1.54, 1.807) is 13.0 Å². The number of carbonyl (C=O) groups excluding carboxylic acids is 3. The van der Waals surface area contributed by atoms with Crippen molar-refractivity contribution in [2.75, 3.05) is 23.8 Å². The second kappa shape index (κ2) is 15.5. The van der Waals surface area contributed by atoms with Crippen molar-refractivity contribution < 1.29 is 19.1 Å². The van der Waals surface area contributed by atoms with Gasteiger partial charge in [-0.15, -0.1) is 23.1 Å². The number of esters is 1. The summed E-state index contributed by atoms with van der Waals surface area (Å²) in [5.41, 5.74) is 5.69. The minimum Gasteiger partial charge on any atom is -0.462 e. The average Bonchev–Trinajstić information content (AvgIpc) is 3.45. The lowest BCUT2D eigenvalue weighted by Gasteiger charge is -2.27. The molecule has 0 radical (unpaired) electrons. The van der Waals surface area contributed by atoms with Gasteiger partial charge in [0.05, 0.1) is 12.2 Å². The van der Waals surface area contributed by atoms with Crippen LogP contribution in [0.3, 0.4) is 0 Å². The Morgan fingerprint density at radius 2 is 1.65 bits per heavy atom. The van der Waals surface area contributed by atoms with Crippen LogP contribution in [0.2, 0.25) is 0 Å². The molecule has 0 saturated heterocycles. The zero-order chi connectivity index (χ0) is 33.5. The Bertz CT molecular complexity index is 1910. The summed E-state index contributed by atoms with van der Waals surface area (Å²) in [7, 11) is 0. The van der Waals surface area contributed by atoms with E-state index in [-0.39, 0.29) is 18.4 Å². The monoisotopic (exact) mass is 675 g/mol. The van der Waals surface area contributed by atoms with Crippen LogP contribution in [-0.4, -0.2) is 35.8 Å². The molecule has 0 fully saturated rings. The maximum absolute atomic E-state index is 14.2. The van der Waals surface area contributed by atoms with Gasteiger partial charge in [-0.3, -0.25) is 14.5 Å². The summed E-state index contributed by atoms with van der Waals surface area (Å²) in [6.07, 6.45) is 0.695. The number of nitrogens with one attached hydrogen (secondary N) is 2. The number of carbonyl (C=O) groups is 3. The molecule has 7 nitrogen and oxygen atoms in total. The second-order valence-electron chi connectivity index (χ2n) is 11.6. The van der Waals surface area contributed by atoms with Crippen LogP contribution < -0.4 is 10.6 Å². The molecule has 0 spiro atoms. The minimum absolute atomic E-state index is 0.200. The minimum atomic E-state index is -0.627. The molecule has 244 valence electrons. The normalized spacial score (nSPS) is 13.3. The van der Waals surface area contributed by atoms with Gasteiger partial charge in [0.1, 0.15) is 10.3 Å². The molecule has 0 bridgehead atoms. The van der Waals surface area contributed by atoms with Crippen LogP contribution in [0.1, 0.15) is 60.0 Å². The first kappa shape index (κ1) is 33.2. The molecular formula is C39H37N3O4S2. The zero-order valence-corrected chi connectivity index (χ0v) is 28.5. The number of thiophene rings is 1. The lowest BCUT2D eigenvalue weighted by Crippen LogP contribution is -2.30. The number of ether oxygens (including phenoxy) is 1. The molecule has 0 aliphatic carbocycles. The summed E-state index contributed by atoms with van der Waals surface area (Å²) < 4.78 is 5.48. The van der Waals surface area contributed by atoms with E-state index in [1.165, 1.54) is 28.7 Å². The number of benzene rings is 4. The third kappa shape index (κ3) is 8.05. The number of amides is 2. The Kier molecular flexibility index (Phi) is 10.7. The van der Waals surface area contributed by atoms with E-state index in [9.17, 15) is 14.4 Å². The molecule has 1 aliphatic rings. The van der Waals surface area contributed by atoms with Crippen molar-refractivity contribution in [3.63, 3.8) is 0 Å². The van der Waals surface area contributed by atoms with Gasteiger partial charge in [0.15, 0.2) is 0 Å². The number of nitrogens with zero attached hydrogens (tertiary/aromatic N) is 1. The van der Waals surface area contributed by atoms with Crippen LogP contribution in [0.15, 0.2) is 114 Å². The largest absolute Gasteiger partial charge is 0.462 e. The molecule has 48 heavy (non-hydrogen) atoms. The Balaban J connectivity index is 1.24. The maximum atomic E-state index is 14.2. The number of thioether (sulfide) groups is 1. The summed E-state index contributed by atoms with van der Waals surface area (Å²) in [4.78, 5) is 44.7. The van der Waals surface area contributed by atoms with E-state index < -0.39 is 11.2 Å². The number of anilines is 2. The molecular weight excluding hydrogens is 639 g/mol. The van der Waals surface area contributed by atoms with Gasteiger partial charge in [-0.05, 0) is 67.3 Å². The van der Waals surface area contributed by atoms with Crippen LogP contribution in [0, 0.1) is 6.92 Å². The first-order valence-electron chi connectivity index (χ1n) is 16.0. The fourth-order valence-electron chi connectivity index (χ4n) is 5.79. The molecule has 1 aromatic heterocycles. The highest BCUT2D eigenvalue weighted by Crippen LogP contribution is 2.41. The van der Waals surface area contributed by atoms with E-state index in [0.717, 1.165) is 39.6 Å². The number of rotatable bonds is 11. The molecule has 1 aliphatic heterocycles. The van der Waals surface area contributed by atoms with Crippen molar-refractivity contribution in [1.29, 1.82) is 0 Å². The van der Waals surface area contributed by atoms with E-state index in [0.29, 0.717) is 34.8 Å². The summed E-state index contributed by atoms with van der Waals surface area (Å²) in [5, 5.41) is 6.01. The molecule has 5 aromatic rings. The highest BCUT2D eigenvalue weighted by atomic mass is 32.2. The van der Waals surface area contributed by atoms with Gasteiger partial charge >= 0.3 is 5.97 Å². The van der Waals surface area contributed by atoms with Crippen molar-refractivity contribution >= 4 is 51.6 Å². The number of fused-ring (bicyclic) bond motifs is 1. The van der Waals surface area contributed by atoms with Crippen molar-refractivity contribution in [3.8, 4) is 0 Å². The summed E-state index contributed by atoms with van der Waals surface area (Å²) in [6.45, 7) is 6.29. The van der Waals surface area contributed by atoms with Gasteiger partial charge in [-0.2, -0.15) is 0 Å². The van der Waals surface area contributed by atoms with Crippen LogP contribution in [0.25, 0.3) is 0 Å². The molecule has 1 unspecified atom stereocenters. The van der Waals surface area contributed by atoms with E-state index in [1.807, 2.05) is 97.9 Å². The first-order valence-corrected chi connectivity index (χ1v) is 17.7. The van der Waals surface area contributed by atoms with Gasteiger partial charge in [-0.1, -0.05) is 84.4 Å². The third-order valence-corrected chi connectivity index (χ3v) is 10.4. The quantitative estimate of drug-likeness (QED) is 0.108. The topological polar surface area (TPSA) is 87.7 Å². The standard InChI is InChI=1S/C39H37N3O4S2/c1-3-46-39(45)34-32-20-21-42(24-27-13-6-4-7-14-27)25-33(32)48-38(34)41-37(44)35(28-15-8-5-9-16-28)47-31-19-11-18-30(23-31)40-36(43)29-17-10-12-26(2)22-29/h4-19,22-23,35H,3,20-21,24-25H2,1-2H3,(H,40,43)(H,41,44). The number of aryl methyl sites for hydroxylation is 1. The van der Waals surface area contributed by atoms with Gasteiger partial charge in [0.25, 0.3) is 5.91 Å². The summed E-state index contributed by atoms with van der Waals surface area (Å²) in [5.74, 6) is -0.859. The Morgan fingerprint density at radius 1 is 0.896 bits per heavy atom. The Labute approximate surface area is 289 Å². The SMILES string of the molecule is CCOC(=O)c1c(NC(=O)C(Sc2cccc(NC(=O)c3cccc(C)c3)c2)c2ccccc2)sc2c1CCN(Cc1ccccc1)C2. The molecule has 9 heteroatoms. The lowest BCUT2D eigenvalue weighted by atomic mass is 10.0. The van der Waals surface area contributed by atoms with E-state index in [4.69, 9.17) is 4.74 Å². The zero-order valence-electron chi connectivity index (χ0n) is 26.9. The molecule has 1 atom stereocenters. The first-order chi connectivity index (χ1) is 23.4. The predicted molar refractivity (Wildman–Crippen MR) is 194 cm³/mol. The Hall–Kier alpha value is -4.70. The van der Waals surface area contributed by atoms with Gasteiger partial charge in [0, 0.05) is 40.7 Å². The lowest BCUT2D eigenvalue weighted by molar-refractivity contribution is -0.115. The van der Waals surface area contributed by atoms with Crippen LogP contribution in [0.4, 0.5) is 10.7 Å². The van der Waals surface area contributed by atoms with E-state index >= 15 is 0 Å². The smallest absolute Gasteiger partial charge is 0.341 e. The van der Waals surface area contributed by atoms with Crippen LogP contribution >= 0.6 is 23.1 Å². The molecule has 0 saturated carbocycles. The third-order valence-electron chi connectivity index (χ3n) is 8.07. The van der Waals surface area contributed by atoms with Crippen molar-refractivity contribution in [3.05, 3.63) is 147 Å². The highest BCUT2D eigenvalue weighted by molar-refractivity contribution is 8.00. The number of hydrogen-bond donors (Lipinski definition) is 2. The molecule has 6 rings (SSSR count). The van der Waals surface area contributed by atoms with Crippen molar-refractivity contribution in [2.24, 2.45) is 0 Å². The van der Waals surface area contributed by atoms with Crippen molar-refractivity contribution in [2.45, 2.75) is 43.5 Å². The maximum Gasteiger partial charge on any atom is 0.341 e. The Morgan fingerprint density at radius 3 is 2.40 bits per heavy atom. The highest BCUT2D eigenvalue weighted by Gasteiger charge is 2.31.